The van der Waals surface area contributed by atoms with Gasteiger partial charge in [-0.15, -0.1) is 11.3 Å². The van der Waals surface area contributed by atoms with Crippen LogP contribution in [0.25, 0.3) is 0 Å². The summed E-state index contributed by atoms with van der Waals surface area (Å²) in [5.74, 6) is -1.77. The predicted molar refractivity (Wildman–Crippen MR) is 95.9 cm³/mol. The predicted octanol–water partition coefficient (Wildman–Crippen LogP) is 4.61. The zero-order valence-electron chi connectivity index (χ0n) is 13.4. The lowest BCUT2D eigenvalue weighted by Gasteiger charge is -2.07. The van der Waals surface area contributed by atoms with Crippen molar-refractivity contribution in [2.75, 3.05) is 11.9 Å². The third kappa shape index (κ3) is 4.58. The van der Waals surface area contributed by atoms with Gasteiger partial charge in [-0.2, -0.15) is 0 Å². The van der Waals surface area contributed by atoms with Crippen LogP contribution in [0.5, 0.6) is 0 Å². The Kier molecular flexibility index (Phi) is 5.71. The van der Waals surface area contributed by atoms with E-state index in [2.05, 4.69) is 5.32 Å². The standard InChI is InChI=1S/C18H17ClFNO3S/c19-12-6-7-14(13(20)9-12)21-17(22)10-24-18(23)16-8-11-4-2-1-3-5-15(11)25-16/h6-9H,1-5,10H2,(H,21,22). The van der Waals surface area contributed by atoms with E-state index in [1.165, 1.54) is 40.3 Å². The van der Waals surface area contributed by atoms with Crippen LogP contribution in [0.4, 0.5) is 10.1 Å². The summed E-state index contributed by atoms with van der Waals surface area (Å²) >= 11 is 7.09. The Balaban J connectivity index is 1.56. The van der Waals surface area contributed by atoms with Crippen LogP contribution < -0.4 is 5.32 Å². The van der Waals surface area contributed by atoms with Gasteiger partial charge in [0.2, 0.25) is 0 Å². The van der Waals surface area contributed by atoms with Crippen LogP contribution in [-0.2, 0) is 22.4 Å². The summed E-state index contributed by atoms with van der Waals surface area (Å²) in [6.07, 6.45) is 5.45. The van der Waals surface area contributed by atoms with Crippen molar-refractivity contribution < 1.29 is 18.7 Å². The molecular weight excluding hydrogens is 365 g/mol. The Bertz CT molecular complexity index is 782. The summed E-state index contributed by atoms with van der Waals surface area (Å²) < 4.78 is 18.7. The van der Waals surface area contributed by atoms with Gasteiger partial charge >= 0.3 is 5.97 Å². The largest absolute Gasteiger partial charge is 0.451 e. The molecule has 2 aromatic rings. The molecule has 0 radical (unpaired) electrons. The zero-order valence-corrected chi connectivity index (χ0v) is 15.0. The average molecular weight is 382 g/mol. The first-order valence-electron chi connectivity index (χ1n) is 8.06. The van der Waals surface area contributed by atoms with E-state index in [1.54, 1.807) is 0 Å². The Labute approximate surface area is 153 Å². The van der Waals surface area contributed by atoms with E-state index < -0.39 is 24.3 Å². The second kappa shape index (κ2) is 7.97. The van der Waals surface area contributed by atoms with Gasteiger partial charge in [-0.3, -0.25) is 4.79 Å². The molecule has 25 heavy (non-hydrogen) atoms. The monoisotopic (exact) mass is 381 g/mol. The molecule has 7 heteroatoms. The molecule has 0 saturated heterocycles. The van der Waals surface area contributed by atoms with Crippen molar-refractivity contribution in [3.05, 3.63) is 50.4 Å². The molecule has 1 amide bonds. The summed E-state index contributed by atoms with van der Waals surface area (Å²) in [4.78, 5) is 25.7. The molecule has 1 aliphatic rings. The highest BCUT2D eigenvalue weighted by atomic mass is 35.5. The lowest BCUT2D eigenvalue weighted by molar-refractivity contribution is -0.119. The number of hydrogen-bond donors (Lipinski definition) is 1. The average Bonchev–Trinajstić information content (AvgIpc) is 2.86. The highest BCUT2D eigenvalue weighted by Crippen LogP contribution is 2.29. The third-order valence-corrected chi connectivity index (χ3v) is 5.44. The number of nitrogens with one attached hydrogen (secondary N) is 1. The van der Waals surface area contributed by atoms with Crippen LogP contribution in [0.1, 0.15) is 39.4 Å². The minimum atomic E-state index is -0.644. The topological polar surface area (TPSA) is 55.4 Å². The lowest BCUT2D eigenvalue weighted by Crippen LogP contribution is -2.21. The van der Waals surface area contributed by atoms with Crippen molar-refractivity contribution in [2.45, 2.75) is 32.1 Å². The second-order valence-electron chi connectivity index (χ2n) is 5.87. The van der Waals surface area contributed by atoms with E-state index >= 15 is 0 Å². The third-order valence-electron chi connectivity index (χ3n) is 3.99. The maximum atomic E-state index is 13.6. The van der Waals surface area contributed by atoms with E-state index in [9.17, 15) is 14.0 Å². The first-order chi connectivity index (χ1) is 12.0. The van der Waals surface area contributed by atoms with Gasteiger partial charge in [0.05, 0.1) is 5.69 Å². The minimum Gasteiger partial charge on any atom is -0.451 e. The quantitative estimate of drug-likeness (QED) is 0.621. The molecule has 1 aromatic carbocycles. The number of aryl methyl sites for hydroxylation is 2. The molecule has 0 aliphatic heterocycles. The summed E-state index contributed by atoms with van der Waals surface area (Å²) in [5, 5.41) is 2.59. The van der Waals surface area contributed by atoms with Gasteiger partial charge in [0.1, 0.15) is 10.7 Å². The molecule has 1 aliphatic carbocycles. The number of hydrogen-bond acceptors (Lipinski definition) is 4. The number of carbonyl (C=O) groups is 2. The number of benzene rings is 1. The fourth-order valence-corrected chi connectivity index (χ4v) is 4.05. The number of anilines is 1. The van der Waals surface area contributed by atoms with Crippen LogP contribution in [0.2, 0.25) is 5.02 Å². The van der Waals surface area contributed by atoms with Crippen molar-refractivity contribution in [1.29, 1.82) is 0 Å². The summed E-state index contributed by atoms with van der Waals surface area (Å²) in [6, 6.07) is 5.78. The van der Waals surface area contributed by atoms with E-state index in [4.69, 9.17) is 16.3 Å². The lowest BCUT2D eigenvalue weighted by atomic mass is 10.1. The maximum Gasteiger partial charge on any atom is 0.348 e. The number of thiophene rings is 1. The SMILES string of the molecule is O=C(COC(=O)c1cc2c(s1)CCCCC2)Nc1ccc(Cl)cc1F. The normalized spacial score (nSPS) is 13.7. The van der Waals surface area contributed by atoms with Gasteiger partial charge in [-0.05, 0) is 55.5 Å². The van der Waals surface area contributed by atoms with E-state index in [0.29, 0.717) is 4.88 Å². The molecule has 0 fully saturated rings. The second-order valence-corrected chi connectivity index (χ2v) is 7.44. The first kappa shape index (κ1) is 17.9. The van der Waals surface area contributed by atoms with Gasteiger partial charge in [-0.1, -0.05) is 18.0 Å². The van der Waals surface area contributed by atoms with Gasteiger partial charge in [0.15, 0.2) is 6.61 Å². The molecule has 0 unspecified atom stereocenters. The molecule has 1 aromatic heterocycles. The molecule has 132 valence electrons. The minimum absolute atomic E-state index is 0.00622. The Morgan fingerprint density at radius 3 is 2.80 bits per heavy atom. The zero-order chi connectivity index (χ0) is 17.8. The van der Waals surface area contributed by atoms with Crippen LogP contribution in [-0.4, -0.2) is 18.5 Å². The van der Waals surface area contributed by atoms with Gasteiger partial charge in [0, 0.05) is 9.90 Å². The summed E-state index contributed by atoms with van der Waals surface area (Å²) in [6.45, 7) is -0.469. The molecule has 1 N–H and O–H groups in total. The van der Waals surface area contributed by atoms with Crippen molar-refractivity contribution in [3.8, 4) is 0 Å². The van der Waals surface area contributed by atoms with Crippen LogP contribution in [0.3, 0.4) is 0 Å². The van der Waals surface area contributed by atoms with Gasteiger partial charge < -0.3 is 10.1 Å². The number of carbonyl (C=O) groups excluding carboxylic acids is 2. The molecule has 0 spiro atoms. The summed E-state index contributed by atoms with van der Waals surface area (Å²) in [7, 11) is 0. The Morgan fingerprint density at radius 2 is 2.00 bits per heavy atom. The molecule has 0 atom stereocenters. The van der Waals surface area contributed by atoms with E-state index in [-0.39, 0.29) is 10.7 Å². The fourth-order valence-electron chi connectivity index (χ4n) is 2.75. The molecular formula is C18H17ClFNO3S. The van der Waals surface area contributed by atoms with Gasteiger partial charge in [0.25, 0.3) is 5.91 Å². The smallest absolute Gasteiger partial charge is 0.348 e. The van der Waals surface area contributed by atoms with Gasteiger partial charge in [-0.25, -0.2) is 9.18 Å². The van der Waals surface area contributed by atoms with E-state index in [0.717, 1.165) is 31.7 Å². The molecule has 1 heterocycles. The number of esters is 1. The number of amides is 1. The van der Waals surface area contributed by atoms with Crippen molar-refractivity contribution in [1.82, 2.24) is 0 Å². The highest BCUT2D eigenvalue weighted by Gasteiger charge is 2.18. The summed E-state index contributed by atoms with van der Waals surface area (Å²) in [5.41, 5.74) is 1.20. The van der Waals surface area contributed by atoms with Crippen LogP contribution in [0.15, 0.2) is 24.3 Å². The fraction of sp³-hybridized carbons (Fsp3) is 0.333. The molecule has 3 rings (SSSR count). The number of ether oxygens (including phenoxy) is 1. The Morgan fingerprint density at radius 1 is 1.20 bits per heavy atom. The Hall–Kier alpha value is -1.92. The first-order valence-corrected chi connectivity index (χ1v) is 9.26. The molecule has 0 bridgehead atoms. The van der Waals surface area contributed by atoms with Crippen LogP contribution in [0, 0.1) is 5.82 Å². The molecule has 0 saturated carbocycles. The van der Waals surface area contributed by atoms with Crippen molar-refractivity contribution >= 4 is 40.5 Å². The molecule has 4 nitrogen and oxygen atoms in total. The number of halogens is 2. The van der Waals surface area contributed by atoms with Crippen molar-refractivity contribution in [3.63, 3.8) is 0 Å². The number of rotatable bonds is 4. The number of fused-ring (bicyclic) bond motifs is 1. The van der Waals surface area contributed by atoms with Crippen LogP contribution >= 0.6 is 22.9 Å². The highest BCUT2D eigenvalue weighted by molar-refractivity contribution is 7.14. The van der Waals surface area contributed by atoms with Crippen molar-refractivity contribution in [2.24, 2.45) is 0 Å². The van der Waals surface area contributed by atoms with E-state index in [1.807, 2.05) is 6.07 Å². The maximum absolute atomic E-state index is 13.6.